The normalized spacial score (nSPS) is 11.5. The first-order valence-electron chi connectivity index (χ1n) is 10.1. The summed E-state index contributed by atoms with van der Waals surface area (Å²) in [4.78, 5) is 26.7. The van der Waals surface area contributed by atoms with Crippen LogP contribution < -0.4 is 9.62 Å². The molecule has 1 heterocycles. The molecular weight excluding hydrogens is 494 g/mol. The van der Waals surface area contributed by atoms with Crippen LogP contribution >= 0.6 is 22.9 Å². The summed E-state index contributed by atoms with van der Waals surface area (Å²) in [6.07, 6.45) is 0.401. The summed E-state index contributed by atoms with van der Waals surface area (Å²) in [7, 11) is -2.66. The molecule has 7 nitrogen and oxygen atoms in total. The van der Waals surface area contributed by atoms with Gasteiger partial charge in [0.15, 0.2) is 6.29 Å². The Morgan fingerprint density at radius 3 is 2.35 bits per heavy atom. The van der Waals surface area contributed by atoms with Gasteiger partial charge in [-0.1, -0.05) is 44.5 Å². The predicted octanol–water partition coefficient (Wildman–Crippen LogP) is 5.46. The molecule has 1 amide bonds. The van der Waals surface area contributed by atoms with Crippen molar-refractivity contribution in [1.29, 1.82) is 5.26 Å². The maximum atomic E-state index is 13.4. The molecular formula is C24H22ClN3O4S2. The van der Waals surface area contributed by atoms with E-state index in [0.717, 1.165) is 16.9 Å². The first kappa shape index (κ1) is 25.4. The van der Waals surface area contributed by atoms with Gasteiger partial charge in [0.2, 0.25) is 0 Å². The third kappa shape index (κ3) is 4.99. The zero-order chi connectivity index (χ0) is 25.3. The monoisotopic (exact) mass is 515 g/mol. The van der Waals surface area contributed by atoms with Gasteiger partial charge in [-0.05, 0) is 46.7 Å². The molecule has 0 saturated carbocycles. The van der Waals surface area contributed by atoms with Gasteiger partial charge in [-0.2, -0.15) is 5.26 Å². The van der Waals surface area contributed by atoms with Crippen LogP contribution in [0.3, 0.4) is 0 Å². The Bertz CT molecular complexity index is 1400. The number of thiophene rings is 1. The van der Waals surface area contributed by atoms with Gasteiger partial charge >= 0.3 is 0 Å². The Balaban J connectivity index is 2.07. The molecule has 3 rings (SSSR count). The topological polar surface area (TPSA) is 107 Å². The molecule has 0 fully saturated rings. The summed E-state index contributed by atoms with van der Waals surface area (Å²) >= 11 is 7.31. The van der Waals surface area contributed by atoms with E-state index in [-0.39, 0.29) is 32.1 Å². The number of benzene rings is 2. The number of nitrogens with one attached hydrogen (secondary N) is 1. The number of rotatable bonds is 6. The van der Waals surface area contributed by atoms with Gasteiger partial charge in [0.1, 0.15) is 10.9 Å². The zero-order valence-electron chi connectivity index (χ0n) is 18.9. The maximum Gasteiger partial charge on any atom is 0.261 e. The van der Waals surface area contributed by atoms with E-state index in [0.29, 0.717) is 16.9 Å². The fraction of sp³-hybridized carbons (Fsp3) is 0.208. The minimum absolute atomic E-state index is 0.000502. The summed E-state index contributed by atoms with van der Waals surface area (Å²) in [6.45, 7) is 6.05. The molecule has 0 aliphatic rings. The van der Waals surface area contributed by atoms with E-state index in [1.165, 1.54) is 36.2 Å². The second-order valence-corrected chi connectivity index (χ2v) is 11.5. The third-order valence-electron chi connectivity index (χ3n) is 5.21. The van der Waals surface area contributed by atoms with Gasteiger partial charge in [0, 0.05) is 12.6 Å². The highest BCUT2D eigenvalue weighted by atomic mass is 35.5. The molecule has 2 aromatic carbocycles. The lowest BCUT2D eigenvalue weighted by molar-refractivity contribution is 0.0987. The molecule has 0 aliphatic carbocycles. The van der Waals surface area contributed by atoms with Crippen molar-refractivity contribution >= 4 is 56.5 Å². The molecule has 0 aliphatic heterocycles. The average molecular weight is 516 g/mol. The number of hydrogen-bond acceptors (Lipinski definition) is 6. The first-order valence-corrected chi connectivity index (χ1v) is 12.8. The number of hydrogen-bond donors (Lipinski definition) is 1. The van der Waals surface area contributed by atoms with Crippen molar-refractivity contribution in [1.82, 2.24) is 0 Å². The second kappa shape index (κ2) is 9.58. The molecule has 0 spiro atoms. The number of halogens is 1. The van der Waals surface area contributed by atoms with Gasteiger partial charge in [-0.3, -0.25) is 14.3 Å². The lowest BCUT2D eigenvalue weighted by atomic mass is 9.87. The highest BCUT2D eigenvalue weighted by Gasteiger charge is 2.27. The Labute approximate surface area is 207 Å². The van der Waals surface area contributed by atoms with Gasteiger partial charge in [-0.25, -0.2) is 8.42 Å². The Morgan fingerprint density at radius 2 is 1.79 bits per heavy atom. The van der Waals surface area contributed by atoms with Crippen molar-refractivity contribution < 1.29 is 18.0 Å². The predicted molar refractivity (Wildman–Crippen MR) is 135 cm³/mol. The minimum atomic E-state index is -4.09. The highest BCUT2D eigenvalue weighted by molar-refractivity contribution is 7.92. The van der Waals surface area contributed by atoms with Crippen LogP contribution in [0, 0.1) is 11.3 Å². The third-order valence-corrected chi connectivity index (χ3v) is 7.73. The quantitative estimate of drug-likeness (QED) is 0.438. The zero-order valence-corrected chi connectivity index (χ0v) is 21.3. The Morgan fingerprint density at radius 1 is 1.15 bits per heavy atom. The summed E-state index contributed by atoms with van der Waals surface area (Å²) < 4.78 is 28.7. The molecule has 1 N–H and O–H groups in total. The molecule has 3 aromatic rings. The average Bonchev–Trinajstić information content (AvgIpc) is 3.27. The number of aldehydes is 1. The Kier molecular flexibility index (Phi) is 7.17. The second-order valence-electron chi connectivity index (χ2n) is 8.49. The van der Waals surface area contributed by atoms with E-state index in [2.05, 4.69) is 4.72 Å². The molecule has 34 heavy (non-hydrogen) atoms. The van der Waals surface area contributed by atoms with Gasteiger partial charge in [0.05, 0.1) is 26.9 Å². The lowest BCUT2D eigenvalue weighted by Crippen LogP contribution is -2.29. The van der Waals surface area contributed by atoms with Crippen LogP contribution in [0.4, 0.5) is 11.4 Å². The number of sulfonamides is 1. The SMILES string of the molecule is CN(C(=O)c1c(NS(=O)(=O)c2ccc(C(C)(C)C)cc2)ccc(Cl)c1C=O)c1ccsc1C#N. The largest absolute Gasteiger partial charge is 0.309 e. The van der Waals surface area contributed by atoms with Crippen molar-refractivity contribution in [2.24, 2.45) is 0 Å². The van der Waals surface area contributed by atoms with E-state index < -0.39 is 15.9 Å². The lowest BCUT2D eigenvalue weighted by Gasteiger charge is -2.21. The molecule has 0 atom stereocenters. The summed E-state index contributed by atoms with van der Waals surface area (Å²) in [5.74, 6) is -0.694. The fourth-order valence-electron chi connectivity index (χ4n) is 3.29. The molecule has 0 unspecified atom stereocenters. The number of anilines is 2. The van der Waals surface area contributed by atoms with Crippen LogP contribution in [0.2, 0.25) is 5.02 Å². The number of carbonyl (C=O) groups is 2. The van der Waals surface area contributed by atoms with Crippen LogP contribution in [-0.2, 0) is 15.4 Å². The van der Waals surface area contributed by atoms with Crippen molar-refractivity contribution in [3.63, 3.8) is 0 Å². The first-order chi connectivity index (χ1) is 15.9. The summed E-state index contributed by atoms with van der Waals surface area (Å²) in [5.41, 5.74) is 0.671. The van der Waals surface area contributed by atoms with Gasteiger partial charge in [0.25, 0.3) is 15.9 Å². The molecule has 176 valence electrons. The van der Waals surface area contributed by atoms with Gasteiger partial charge in [-0.15, -0.1) is 11.3 Å². The van der Waals surface area contributed by atoms with E-state index in [1.54, 1.807) is 23.6 Å². The molecule has 0 radical (unpaired) electrons. The van der Waals surface area contributed by atoms with E-state index in [4.69, 9.17) is 11.6 Å². The fourth-order valence-corrected chi connectivity index (χ4v) is 5.28. The van der Waals surface area contributed by atoms with E-state index >= 15 is 0 Å². The maximum absolute atomic E-state index is 13.4. The summed E-state index contributed by atoms with van der Waals surface area (Å²) in [6, 6.07) is 12.7. The number of nitriles is 1. The number of amides is 1. The number of nitrogens with zero attached hydrogens (tertiary/aromatic N) is 2. The van der Waals surface area contributed by atoms with Crippen LogP contribution in [0.25, 0.3) is 0 Å². The van der Waals surface area contributed by atoms with Crippen LogP contribution in [0.15, 0.2) is 52.7 Å². The van der Waals surface area contributed by atoms with Crippen LogP contribution in [0.1, 0.15) is 51.9 Å². The van der Waals surface area contributed by atoms with E-state index in [1.807, 2.05) is 26.8 Å². The molecule has 10 heteroatoms. The van der Waals surface area contributed by atoms with Crippen molar-refractivity contribution in [2.75, 3.05) is 16.7 Å². The van der Waals surface area contributed by atoms with Crippen LogP contribution in [-0.4, -0.2) is 27.7 Å². The minimum Gasteiger partial charge on any atom is -0.309 e. The van der Waals surface area contributed by atoms with Gasteiger partial charge < -0.3 is 4.90 Å². The molecule has 0 saturated heterocycles. The number of carbonyl (C=O) groups excluding carboxylic acids is 2. The van der Waals surface area contributed by atoms with Crippen LogP contribution in [0.5, 0.6) is 0 Å². The highest BCUT2D eigenvalue weighted by Crippen LogP contribution is 2.32. The smallest absolute Gasteiger partial charge is 0.261 e. The van der Waals surface area contributed by atoms with Crippen molar-refractivity contribution in [3.05, 3.63) is 74.4 Å². The van der Waals surface area contributed by atoms with Crippen molar-refractivity contribution in [3.8, 4) is 6.07 Å². The Hall–Kier alpha value is -3.19. The van der Waals surface area contributed by atoms with E-state index in [9.17, 15) is 23.3 Å². The standard InChI is InChI=1S/C24H22ClN3O4S2/c1-24(2,3)15-5-7-16(8-6-15)34(31,32)27-19-10-9-18(25)17(14-29)22(19)23(30)28(4)20-11-12-33-21(20)13-26/h5-12,14,27H,1-4H3. The summed E-state index contributed by atoms with van der Waals surface area (Å²) in [5, 5.41) is 11.0. The molecule has 1 aromatic heterocycles. The molecule has 0 bridgehead atoms. The van der Waals surface area contributed by atoms with Crippen molar-refractivity contribution in [2.45, 2.75) is 31.1 Å².